The molecule has 0 aliphatic rings. The summed E-state index contributed by atoms with van der Waals surface area (Å²) in [5.41, 5.74) is 26.5. The predicted octanol–water partition coefficient (Wildman–Crippen LogP) is 8.85. The van der Waals surface area contributed by atoms with E-state index in [9.17, 15) is 29.7 Å². The van der Waals surface area contributed by atoms with E-state index >= 15 is 0 Å². The molecule has 0 heterocycles. The summed E-state index contributed by atoms with van der Waals surface area (Å²) in [5, 5.41) is 42.4. The Hall–Kier alpha value is -4.56. The number of unbranched alkanes of at least 4 members (excludes halogenated alkanes) is 6. The Balaban J connectivity index is 5.33. The Bertz CT molecular complexity index is 1290. The van der Waals surface area contributed by atoms with Gasteiger partial charge in [-0.15, -0.1) is 0 Å². The van der Waals surface area contributed by atoms with E-state index in [1.54, 1.807) is 18.2 Å². The van der Waals surface area contributed by atoms with Crippen molar-refractivity contribution in [2.24, 2.45) is 15.3 Å². The summed E-state index contributed by atoms with van der Waals surface area (Å²) in [4.78, 5) is 46.2. The lowest BCUT2D eigenvalue weighted by molar-refractivity contribution is -0.165. The fraction of sp³-hybridized carbons (Fsp3) is 0.769. The topological polar surface area (TPSA) is 286 Å². The van der Waals surface area contributed by atoms with Gasteiger partial charge in [0.1, 0.15) is 13.2 Å². The normalized spacial score (nSPS) is 15.1. The van der Waals surface area contributed by atoms with Gasteiger partial charge in [-0.1, -0.05) is 130 Å². The summed E-state index contributed by atoms with van der Waals surface area (Å²) in [6, 6.07) is -1.76. The number of rotatable bonds is 35. The van der Waals surface area contributed by atoms with Crippen molar-refractivity contribution in [3.8, 4) is 0 Å². The molecule has 0 fully saturated rings. The summed E-state index contributed by atoms with van der Waals surface area (Å²) < 4.78 is 16.0. The van der Waals surface area contributed by atoms with Crippen LogP contribution in [-0.4, -0.2) is 89.0 Å². The van der Waals surface area contributed by atoms with E-state index < -0.39 is 73.7 Å². The van der Waals surface area contributed by atoms with Gasteiger partial charge in [0.25, 0.3) is 0 Å². The Morgan fingerprint density at radius 1 is 0.526 bits per heavy atom. The summed E-state index contributed by atoms with van der Waals surface area (Å²) in [7, 11) is 0. The van der Waals surface area contributed by atoms with Crippen LogP contribution < -0.4 is 0 Å². The van der Waals surface area contributed by atoms with Gasteiger partial charge in [0.2, 0.25) is 0 Å². The van der Waals surface area contributed by atoms with E-state index in [2.05, 4.69) is 30.1 Å². The molecule has 0 saturated heterocycles. The molecule has 0 spiro atoms. The quantitative estimate of drug-likeness (QED) is 0.0105. The third kappa shape index (κ3) is 28.5. The fourth-order valence-electron chi connectivity index (χ4n) is 5.55. The van der Waals surface area contributed by atoms with Crippen LogP contribution in [0.2, 0.25) is 0 Å². The van der Waals surface area contributed by atoms with Crippen molar-refractivity contribution in [1.29, 1.82) is 0 Å². The summed E-state index contributed by atoms with van der Waals surface area (Å²) >= 11 is 0. The molecule has 0 bridgehead atoms. The maximum Gasteiger partial charge on any atom is 0.310 e. The largest absolute Gasteiger partial charge is 0.461 e. The number of aliphatic hydroxyl groups is 3. The van der Waals surface area contributed by atoms with E-state index in [1.165, 1.54) is 18.2 Å². The predicted molar refractivity (Wildman–Crippen MR) is 216 cm³/mol. The highest BCUT2D eigenvalue weighted by Crippen LogP contribution is 2.17. The van der Waals surface area contributed by atoms with Crippen molar-refractivity contribution in [2.45, 2.75) is 179 Å². The lowest BCUT2D eigenvalue weighted by Crippen LogP contribution is -2.30. The van der Waals surface area contributed by atoms with Crippen LogP contribution >= 0.6 is 0 Å². The number of carbonyl (C=O) groups is 3. The zero-order valence-electron chi connectivity index (χ0n) is 34.0. The smallest absolute Gasteiger partial charge is 0.310 e. The lowest BCUT2D eigenvalue weighted by Gasteiger charge is -2.18. The summed E-state index contributed by atoms with van der Waals surface area (Å²) in [5.74, 6) is -2.04. The van der Waals surface area contributed by atoms with E-state index in [-0.39, 0.29) is 38.5 Å². The van der Waals surface area contributed by atoms with Gasteiger partial charge in [-0.05, 0) is 55.1 Å². The van der Waals surface area contributed by atoms with Gasteiger partial charge >= 0.3 is 17.9 Å². The second-order valence-corrected chi connectivity index (χ2v) is 13.7. The van der Waals surface area contributed by atoms with Gasteiger partial charge in [-0.2, -0.15) is 0 Å². The average Bonchev–Trinajstić information content (AvgIpc) is 3.19. The monoisotopic (exact) mass is 803 g/mol. The third-order valence-corrected chi connectivity index (χ3v) is 8.89. The van der Waals surface area contributed by atoms with Crippen molar-refractivity contribution < 1.29 is 43.9 Å². The Morgan fingerprint density at radius 3 is 1.14 bits per heavy atom. The highest BCUT2D eigenvalue weighted by molar-refractivity contribution is 5.73. The Morgan fingerprint density at radius 2 is 0.842 bits per heavy atom. The number of ether oxygens (including phenoxy) is 3. The van der Waals surface area contributed by atoms with E-state index in [0.717, 1.165) is 57.8 Å². The van der Waals surface area contributed by atoms with Crippen LogP contribution in [0.5, 0.6) is 0 Å². The van der Waals surface area contributed by atoms with Crippen molar-refractivity contribution in [3.05, 3.63) is 67.8 Å². The first kappa shape index (κ1) is 52.4. The van der Waals surface area contributed by atoms with Gasteiger partial charge in [-0.3, -0.25) is 14.4 Å². The van der Waals surface area contributed by atoms with Gasteiger partial charge < -0.3 is 29.5 Å². The van der Waals surface area contributed by atoms with Crippen molar-refractivity contribution in [2.75, 3.05) is 13.2 Å². The van der Waals surface area contributed by atoms with Gasteiger partial charge in [0, 0.05) is 14.7 Å². The zero-order valence-corrected chi connectivity index (χ0v) is 34.0. The molecule has 0 amide bonds. The molecule has 0 aromatic rings. The van der Waals surface area contributed by atoms with E-state index in [4.69, 9.17) is 30.8 Å². The molecule has 0 aliphatic heterocycles. The van der Waals surface area contributed by atoms with E-state index in [1.807, 2.05) is 20.8 Å². The van der Waals surface area contributed by atoms with Gasteiger partial charge in [-0.25, -0.2) is 0 Å². The number of aliphatic hydroxyl groups excluding tert-OH is 3. The van der Waals surface area contributed by atoms with Crippen LogP contribution in [0.1, 0.15) is 136 Å². The molecule has 6 unspecified atom stereocenters. The fourth-order valence-corrected chi connectivity index (χ4v) is 5.55. The molecule has 6 atom stereocenters. The molecule has 0 aromatic carbocycles. The molecule has 0 saturated carbocycles. The number of nitrogens with zero attached hydrogens (tertiary/aromatic N) is 9. The molecule has 0 aromatic heterocycles. The van der Waals surface area contributed by atoms with Gasteiger partial charge in [0.15, 0.2) is 6.10 Å². The molecule has 0 radical (unpaired) electrons. The van der Waals surface area contributed by atoms with Crippen LogP contribution in [0.4, 0.5) is 0 Å². The van der Waals surface area contributed by atoms with Crippen LogP contribution in [0.3, 0.4) is 0 Å². The maximum absolute atomic E-state index is 12.7. The minimum Gasteiger partial charge on any atom is -0.461 e. The second-order valence-electron chi connectivity index (χ2n) is 13.7. The molecule has 18 heteroatoms. The lowest BCUT2D eigenvalue weighted by atomic mass is 10.0. The molecule has 3 N–H and O–H groups in total. The van der Waals surface area contributed by atoms with E-state index in [0.29, 0.717) is 19.3 Å². The number of hydrogen-bond donors (Lipinski definition) is 3. The molecule has 0 rings (SSSR count). The van der Waals surface area contributed by atoms with Crippen LogP contribution in [0.25, 0.3) is 31.3 Å². The minimum absolute atomic E-state index is 0.146. The molecule has 57 heavy (non-hydrogen) atoms. The SMILES string of the molecule is CCCCCC(N=[N+]=[N-])C(O)CC=CCC(=O)OCC(COC(=O)CC=CCC(O)C(CCCCC)N=[N+]=[N-])OC(=O)CC=CCC(O)C(CCCCC)N=[N+]=[N-]. The van der Waals surface area contributed by atoms with Gasteiger partial charge in [0.05, 0.1) is 55.7 Å². The molecule has 0 aliphatic carbocycles. The number of esters is 3. The van der Waals surface area contributed by atoms with Crippen LogP contribution in [0.15, 0.2) is 51.8 Å². The first-order valence-electron chi connectivity index (χ1n) is 20.2. The first-order chi connectivity index (χ1) is 27.6. The Kier molecular flexibility index (Phi) is 33.0. The average molecular weight is 804 g/mol. The molecule has 18 nitrogen and oxygen atoms in total. The standard InChI is InChI=1S/C39H65N9O9/c1-4-7-10-19-31(43-46-40)34(49)22-13-16-25-37(52)55-28-30(57-39(54)27-18-15-24-36(51)33(45-48-42)21-12-9-6-3)29-56-38(53)26-17-14-23-35(50)32(44-47-41)20-11-8-5-2/h13-18,30-36,49-51H,4-12,19-29H2,1-3H3. The van der Waals surface area contributed by atoms with Crippen molar-refractivity contribution in [3.63, 3.8) is 0 Å². The molecular formula is C39H65N9O9. The highest BCUT2D eigenvalue weighted by atomic mass is 16.6. The number of azide groups is 3. The zero-order chi connectivity index (χ0) is 42.5. The maximum atomic E-state index is 12.7. The summed E-state index contributed by atoms with van der Waals surface area (Å²) in [6.07, 6.45) is 15.2. The Labute approximate surface area is 336 Å². The van der Waals surface area contributed by atoms with Crippen molar-refractivity contribution >= 4 is 17.9 Å². The van der Waals surface area contributed by atoms with Crippen molar-refractivity contribution in [1.82, 2.24) is 0 Å². The summed E-state index contributed by atoms with van der Waals surface area (Å²) in [6.45, 7) is 5.30. The second kappa shape index (κ2) is 35.8. The first-order valence-corrected chi connectivity index (χ1v) is 20.2. The van der Waals surface area contributed by atoms with Crippen LogP contribution in [-0.2, 0) is 28.6 Å². The number of carbonyl (C=O) groups excluding carboxylic acids is 3. The molecular weight excluding hydrogens is 738 g/mol. The molecule has 320 valence electrons. The third-order valence-electron chi connectivity index (χ3n) is 8.89. The number of hydrogen-bond acceptors (Lipinski definition) is 12. The minimum atomic E-state index is -1.14. The van der Waals surface area contributed by atoms with Crippen LogP contribution in [0, 0.1) is 0 Å². The highest BCUT2D eigenvalue weighted by Gasteiger charge is 2.21.